The van der Waals surface area contributed by atoms with Crippen molar-refractivity contribution >= 4 is 29.2 Å². The molecule has 0 aromatic heterocycles. The third-order valence-corrected chi connectivity index (χ3v) is 4.50. The van der Waals surface area contributed by atoms with E-state index in [1.807, 2.05) is 12.1 Å². The summed E-state index contributed by atoms with van der Waals surface area (Å²) in [4.78, 5) is 38.5. The summed E-state index contributed by atoms with van der Waals surface area (Å²) in [6, 6.07) is 14.2. The lowest BCUT2D eigenvalue weighted by Crippen LogP contribution is -2.47. The third-order valence-electron chi connectivity index (χ3n) is 4.50. The molecule has 1 N–H and O–H groups in total. The van der Waals surface area contributed by atoms with Gasteiger partial charge in [0, 0.05) is 0 Å². The number of fused-ring (bicyclic) bond motifs is 1. The Morgan fingerprint density at radius 2 is 1.75 bits per heavy atom. The smallest absolute Gasteiger partial charge is 0.338 e. The lowest BCUT2D eigenvalue weighted by molar-refractivity contribution is -0.128. The predicted octanol–water partition coefficient (Wildman–Crippen LogP) is 3.42. The van der Waals surface area contributed by atoms with Gasteiger partial charge < -0.3 is 10.1 Å². The number of carbonyl (C=O) groups excluding carboxylic acids is 3. The number of esters is 1. The van der Waals surface area contributed by atoms with E-state index in [2.05, 4.69) is 19.2 Å². The van der Waals surface area contributed by atoms with Gasteiger partial charge in [-0.3, -0.25) is 14.5 Å². The average molecular weight is 380 g/mol. The number of anilines is 2. The maximum atomic E-state index is 12.8. The number of rotatable bonds is 5. The van der Waals surface area contributed by atoms with Gasteiger partial charge in [0.25, 0.3) is 5.91 Å². The third kappa shape index (κ3) is 4.39. The molecular weight excluding hydrogens is 356 g/mol. The molecule has 0 saturated heterocycles. The van der Waals surface area contributed by atoms with Gasteiger partial charge in [0.1, 0.15) is 6.54 Å². The summed E-state index contributed by atoms with van der Waals surface area (Å²) in [6.07, 6.45) is -0.0810. The number of ether oxygens (including phenoxy) is 1. The van der Waals surface area contributed by atoms with Crippen LogP contribution in [0.15, 0.2) is 48.5 Å². The number of hydrogen-bond acceptors (Lipinski definition) is 4. The van der Waals surface area contributed by atoms with Crippen LogP contribution >= 0.6 is 0 Å². The molecule has 0 bridgehead atoms. The molecule has 0 aliphatic carbocycles. The number of hydrogen-bond donors (Lipinski definition) is 1. The highest BCUT2D eigenvalue weighted by molar-refractivity contribution is 6.11. The highest BCUT2D eigenvalue weighted by Crippen LogP contribution is 2.29. The highest BCUT2D eigenvalue weighted by Gasteiger charge is 2.31. The summed E-state index contributed by atoms with van der Waals surface area (Å²) in [5.74, 6) is -0.759. The summed E-state index contributed by atoms with van der Waals surface area (Å²) in [7, 11) is 0. The second kappa shape index (κ2) is 8.25. The minimum absolute atomic E-state index is 0.109. The van der Waals surface area contributed by atoms with Gasteiger partial charge in [-0.25, -0.2) is 4.79 Å². The average Bonchev–Trinajstić information content (AvgIpc) is 2.66. The zero-order valence-corrected chi connectivity index (χ0v) is 16.3. The van der Waals surface area contributed by atoms with Gasteiger partial charge in [-0.05, 0) is 49.1 Å². The Morgan fingerprint density at radius 1 is 1.07 bits per heavy atom. The number of carbonyl (C=O) groups is 3. The molecule has 2 amide bonds. The second-order valence-corrected chi connectivity index (χ2v) is 7.33. The monoisotopic (exact) mass is 380 g/mol. The van der Waals surface area contributed by atoms with Crippen LogP contribution in [0.3, 0.4) is 0 Å². The van der Waals surface area contributed by atoms with Crippen molar-refractivity contribution in [2.75, 3.05) is 16.8 Å². The molecule has 0 fully saturated rings. The Labute approximate surface area is 164 Å². The Kier molecular flexibility index (Phi) is 5.78. The zero-order chi connectivity index (χ0) is 20.3. The van der Waals surface area contributed by atoms with Crippen LogP contribution in [0.2, 0.25) is 0 Å². The molecule has 28 heavy (non-hydrogen) atoms. The summed E-state index contributed by atoms with van der Waals surface area (Å²) in [6.45, 7) is 5.67. The molecular formula is C22H24N2O4. The van der Waals surface area contributed by atoms with E-state index >= 15 is 0 Å². The SMILES string of the molecule is CC(C)Cc1ccc(C(=O)O[C@@H](C)C(=O)N2CC(=O)Nc3ccccc32)cc1. The standard InChI is InChI=1S/C22H24N2O4/c1-14(2)12-16-8-10-17(11-9-16)22(27)28-15(3)21(26)24-13-20(25)23-18-6-4-5-7-19(18)24/h4-11,14-15H,12-13H2,1-3H3,(H,23,25)/t15-/m0/s1. The van der Waals surface area contributed by atoms with Crippen molar-refractivity contribution in [2.24, 2.45) is 5.92 Å². The number of nitrogens with one attached hydrogen (secondary N) is 1. The van der Waals surface area contributed by atoms with Crippen LogP contribution in [-0.4, -0.2) is 30.4 Å². The van der Waals surface area contributed by atoms with Crippen molar-refractivity contribution in [1.82, 2.24) is 0 Å². The fraction of sp³-hybridized carbons (Fsp3) is 0.318. The van der Waals surface area contributed by atoms with Gasteiger partial charge in [-0.1, -0.05) is 38.1 Å². The topological polar surface area (TPSA) is 75.7 Å². The largest absolute Gasteiger partial charge is 0.449 e. The van der Waals surface area contributed by atoms with E-state index in [4.69, 9.17) is 4.74 Å². The van der Waals surface area contributed by atoms with Crippen LogP contribution in [0.1, 0.15) is 36.7 Å². The Hall–Kier alpha value is -3.15. The molecule has 0 spiro atoms. The number of nitrogens with zero attached hydrogens (tertiary/aromatic N) is 1. The van der Waals surface area contributed by atoms with Gasteiger partial charge in [0.2, 0.25) is 5.91 Å². The van der Waals surface area contributed by atoms with Crippen LogP contribution in [0.5, 0.6) is 0 Å². The lowest BCUT2D eigenvalue weighted by Gasteiger charge is -2.30. The van der Waals surface area contributed by atoms with Crippen molar-refractivity contribution in [3.8, 4) is 0 Å². The Balaban J connectivity index is 1.69. The first-order chi connectivity index (χ1) is 13.3. The van der Waals surface area contributed by atoms with Crippen LogP contribution in [-0.2, 0) is 20.7 Å². The van der Waals surface area contributed by atoms with Crippen LogP contribution in [0, 0.1) is 5.92 Å². The van der Waals surface area contributed by atoms with Gasteiger partial charge in [-0.2, -0.15) is 0 Å². The van der Waals surface area contributed by atoms with Gasteiger partial charge in [0.15, 0.2) is 6.10 Å². The van der Waals surface area contributed by atoms with E-state index in [-0.39, 0.29) is 12.5 Å². The molecule has 1 heterocycles. The summed E-state index contributed by atoms with van der Waals surface area (Å²) < 4.78 is 5.36. The molecule has 6 nitrogen and oxygen atoms in total. The Bertz CT molecular complexity index is 890. The quantitative estimate of drug-likeness (QED) is 0.807. The molecule has 1 aliphatic heterocycles. The Morgan fingerprint density at radius 3 is 2.43 bits per heavy atom. The maximum absolute atomic E-state index is 12.8. The number of para-hydroxylation sites is 2. The molecule has 1 atom stereocenters. The van der Waals surface area contributed by atoms with Crippen molar-refractivity contribution in [3.63, 3.8) is 0 Å². The number of amides is 2. The lowest BCUT2D eigenvalue weighted by atomic mass is 10.0. The van der Waals surface area contributed by atoms with Crippen LogP contribution < -0.4 is 10.2 Å². The van der Waals surface area contributed by atoms with E-state index in [9.17, 15) is 14.4 Å². The molecule has 0 radical (unpaired) electrons. The molecule has 3 rings (SSSR count). The van der Waals surface area contributed by atoms with Gasteiger partial charge >= 0.3 is 5.97 Å². The van der Waals surface area contributed by atoms with Crippen molar-refractivity contribution in [3.05, 3.63) is 59.7 Å². The molecule has 146 valence electrons. The van der Waals surface area contributed by atoms with Gasteiger partial charge in [-0.15, -0.1) is 0 Å². The molecule has 0 unspecified atom stereocenters. The minimum atomic E-state index is -1.01. The number of benzene rings is 2. The van der Waals surface area contributed by atoms with Crippen molar-refractivity contribution in [1.29, 1.82) is 0 Å². The molecule has 1 aliphatic rings. The fourth-order valence-corrected chi connectivity index (χ4v) is 3.18. The van der Waals surface area contributed by atoms with Crippen molar-refractivity contribution < 1.29 is 19.1 Å². The van der Waals surface area contributed by atoms with E-state index in [0.717, 1.165) is 12.0 Å². The van der Waals surface area contributed by atoms with Crippen molar-refractivity contribution in [2.45, 2.75) is 33.3 Å². The molecule has 2 aromatic rings. The predicted molar refractivity (Wildman–Crippen MR) is 107 cm³/mol. The second-order valence-electron chi connectivity index (χ2n) is 7.33. The van der Waals surface area contributed by atoms with E-state index in [1.165, 1.54) is 11.8 Å². The zero-order valence-electron chi connectivity index (χ0n) is 16.3. The summed E-state index contributed by atoms with van der Waals surface area (Å²) >= 11 is 0. The van der Waals surface area contributed by atoms with E-state index in [1.54, 1.807) is 36.4 Å². The fourth-order valence-electron chi connectivity index (χ4n) is 3.18. The van der Waals surface area contributed by atoms with Crippen LogP contribution in [0.4, 0.5) is 11.4 Å². The van der Waals surface area contributed by atoms with Crippen LogP contribution in [0.25, 0.3) is 0 Å². The minimum Gasteiger partial charge on any atom is -0.449 e. The van der Waals surface area contributed by atoms with E-state index < -0.39 is 18.0 Å². The summed E-state index contributed by atoms with van der Waals surface area (Å²) in [5, 5.41) is 2.73. The first kappa shape index (κ1) is 19.6. The molecule has 2 aromatic carbocycles. The van der Waals surface area contributed by atoms with E-state index in [0.29, 0.717) is 22.9 Å². The molecule has 6 heteroatoms. The normalized spacial score (nSPS) is 14.3. The molecule has 0 saturated carbocycles. The first-order valence-electron chi connectivity index (χ1n) is 9.35. The highest BCUT2D eigenvalue weighted by atomic mass is 16.5. The summed E-state index contributed by atoms with van der Waals surface area (Å²) in [5.41, 5.74) is 2.69. The first-order valence-corrected chi connectivity index (χ1v) is 9.35. The maximum Gasteiger partial charge on any atom is 0.338 e. The van der Waals surface area contributed by atoms with Gasteiger partial charge in [0.05, 0.1) is 16.9 Å².